The van der Waals surface area contributed by atoms with Crippen LogP contribution in [0.2, 0.25) is 0 Å². The zero-order valence-electron chi connectivity index (χ0n) is 8.53. The summed E-state index contributed by atoms with van der Waals surface area (Å²) in [7, 11) is 1.60. The van der Waals surface area contributed by atoms with Crippen molar-refractivity contribution in [3.05, 3.63) is 35.6 Å². The monoisotopic (exact) mass is 208 g/mol. The number of hydrogen-bond acceptors (Lipinski definition) is 3. The smallest absolute Gasteiger partial charge is 0.123 e. The number of nitrogens with zero attached hydrogens (tertiary/aromatic N) is 1. The largest absolute Gasteiger partial charge is 0.383 e. The third-order valence-corrected chi connectivity index (χ3v) is 1.99. The molecule has 1 unspecified atom stereocenters. The summed E-state index contributed by atoms with van der Waals surface area (Å²) in [4.78, 5) is 0. The van der Waals surface area contributed by atoms with Crippen molar-refractivity contribution in [3.63, 3.8) is 0 Å². The first-order chi connectivity index (χ1) is 7.27. The molecule has 1 N–H and O–H groups in total. The van der Waals surface area contributed by atoms with Crippen LogP contribution in [0.5, 0.6) is 0 Å². The Bertz CT molecular complexity index is 331. The molecule has 0 bridgehead atoms. The van der Waals surface area contributed by atoms with Gasteiger partial charge in [0.15, 0.2) is 0 Å². The van der Waals surface area contributed by atoms with E-state index in [4.69, 9.17) is 10.00 Å². The molecule has 1 rings (SSSR count). The molecule has 0 aliphatic carbocycles. The summed E-state index contributed by atoms with van der Waals surface area (Å²) in [6.45, 7) is 1.13. The van der Waals surface area contributed by atoms with Crippen LogP contribution < -0.4 is 5.32 Å². The van der Waals surface area contributed by atoms with Crippen molar-refractivity contribution in [2.24, 2.45) is 0 Å². The molecule has 3 nitrogen and oxygen atoms in total. The first-order valence-electron chi connectivity index (χ1n) is 4.65. The van der Waals surface area contributed by atoms with Gasteiger partial charge >= 0.3 is 0 Å². The Morgan fingerprint density at radius 2 is 2.13 bits per heavy atom. The predicted molar refractivity (Wildman–Crippen MR) is 54.6 cm³/mol. The van der Waals surface area contributed by atoms with E-state index in [1.165, 1.54) is 12.1 Å². The lowest BCUT2D eigenvalue weighted by atomic mass is 10.1. The van der Waals surface area contributed by atoms with Gasteiger partial charge in [-0.2, -0.15) is 5.26 Å². The lowest BCUT2D eigenvalue weighted by Crippen LogP contribution is -2.23. The third-order valence-electron chi connectivity index (χ3n) is 1.99. The molecule has 0 aromatic heterocycles. The zero-order chi connectivity index (χ0) is 11.1. The average molecular weight is 208 g/mol. The Hall–Kier alpha value is -1.44. The fourth-order valence-corrected chi connectivity index (χ4v) is 1.20. The Labute approximate surface area is 88.5 Å². The first kappa shape index (κ1) is 11.6. The molecule has 1 aromatic carbocycles. The van der Waals surface area contributed by atoms with Gasteiger partial charge in [0.25, 0.3) is 0 Å². The molecule has 1 aromatic rings. The maximum Gasteiger partial charge on any atom is 0.123 e. The Morgan fingerprint density at radius 1 is 1.47 bits per heavy atom. The van der Waals surface area contributed by atoms with Crippen molar-refractivity contribution in [3.8, 4) is 6.07 Å². The minimum atomic E-state index is -0.416. The van der Waals surface area contributed by atoms with Crippen LogP contribution in [-0.4, -0.2) is 20.3 Å². The zero-order valence-corrected chi connectivity index (χ0v) is 8.53. The summed E-state index contributed by atoms with van der Waals surface area (Å²) in [5.74, 6) is -0.299. The van der Waals surface area contributed by atoms with Gasteiger partial charge in [0.1, 0.15) is 11.9 Å². The minimum Gasteiger partial charge on any atom is -0.383 e. The fraction of sp³-hybridized carbons (Fsp3) is 0.364. The van der Waals surface area contributed by atoms with E-state index in [0.29, 0.717) is 13.2 Å². The summed E-state index contributed by atoms with van der Waals surface area (Å²) in [6.07, 6.45) is 0. The average Bonchev–Trinajstić information content (AvgIpc) is 2.26. The standard InChI is InChI=1S/C11H13FN2O/c1-15-7-6-14-11(8-13)9-2-4-10(12)5-3-9/h2-5,11,14H,6-7H2,1H3. The number of nitriles is 1. The van der Waals surface area contributed by atoms with E-state index in [9.17, 15) is 4.39 Å². The van der Waals surface area contributed by atoms with Gasteiger partial charge in [-0.3, -0.25) is 5.32 Å². The highest BCUT2D eigenvalue weighted by molar-refractivity contribution is 5.24. The Morgan fingerprint density at radius 3 is 2.67 bits per heavy atom. The second kappa shape index (κ2) is 6.12. The van der Waals surface area contributed by atoms with Gasteiger partial charge in [0.05, 0.1) is 12.7 Å². The summed E-state index contributed by atoms with van der Waals surface area (Å²) in [5, 5.41) is 11.9. The van der Waals surface area contributed by atoms with Crippen LogP contribution in [0.15, 0.2) is 24.3 Å². The van der Waals surface area contributed by atoms with Gasteiger partial charge in [0.2, 0.25) is 0 Å². The second-order valence-electron chi connectivity index (χ2n) is 3.06. The summed E-state index contributed by atoms with van der Waals surface area (Å²) >= 11 is 0. The Balaban J connectivity index is 2.59. The van der Waals surface area contributed by atoms with Crippen LogP contribution in [0.3, 0.4) is 0 Å². The predicted octanol–water partition coefficient (Wildman–Crippen LogP) is 1.63. The van der Waals surface area contributed by atoms with Crippen molar-refractivity contribution < 1.29 is 9.13 Å². The minimum absolute atomic E-state index is 0.299. The van der Waals surface area contributed by atoms with Crippen molar-refractivity contribution in [1.82, 2.24) is 5.32 Å². The van der Waals surface area contributed by atoms with E-state index in [-0.39, 0.29) is 5.82 Å². The molecule has 0 heterocycles. The van der Waals surface area contributed by atoms with Crippen LogP contribution in [0.1, 0.15) is 11.6 Å². The number of rotatable bonds is 5. The number of methoxy groups -OCH3 is 1. The maximum atomic E-state index is 12.6. The molecule has 4 heteroatoms. The van der Waals surface area contributed by atoms with E-state index >= 15 is 0 Å². The SMILES string of the molecule is COCCNC(C#N)c1ccc(F)cc1. The molecule has 0 amide bonds. The van der Waals surface area contributed by atoms with E-state index in [2.05, 4.69) is 11.4 Å². The molecule has 0 spiro atoms. The highest BCUT2D eigenvalue weighted by Crippen LogP contribution is 2.12. The van der Waals surface area contributed by atoms with E-state index in [1.807, 2.05) is 0 Å². The maximum absolute atomic E-state index is 12.6. The molecule has 0 fully saturated rings. The molecule has 0 saturated heterocycles. The van der Waals surface area contributed by atoms with Crippen molar-refractivity contribution in [2.75, 3.05) is 20.3 Å². The van der Waals surface area contributed by atoms with E-state index in [0.717, 1.165) is 5.56 Å². The molecule has 80 valence electrons. The molecule has 0 radical (unpaired) electrons. The van der Waals surface area contributed by atoms with Crippen molar-refractivity contribution >= 4 is 0 Å². The third kappa shape index (κ3) is 3.66. The molecule has 0 aliphatic heterocycles. The quantitative estimate of drug-likeness (QED) is 0.748. The lowest BCUT2D eigenvalue weighted by Gasteiger charge is -2.11. The van der Waals surface area contributed by atoms with Crippen molar-refractivity contribution in [1.29, 1.82) is 5.26 Å². The lowest BCUT2D eigenvalue weighted by molar-refractivity contribution is 0.198. The van der Waals surface area contributed by atoms with E-state index in [1.54, 1.807) is 19.2 Å². The topological polar surface area (TPSA) is 45.0 Å². The molecule has 15 heavy (non-hydrogen) atoms. The number of ether oxygens (including phenoxy) is 1. The van der Waals surface area contributed by atoms with Gasteiger partial charge in [-0.05, 0) is 17.7 Å². The number of hydrogen-bond donors (Lipinski definition) is 1. The first-order valence-corrected chi connectivity index (χ1v) is 4.65. The highest BCUT2D eigenvalue weighted by Gasteiger charge is 2.08. The van der Waals surface area contributed by atoms with Crippen LogP contribution >= 0.6 is 0 Å². The normalized spacial score (nSPS) is 12.1. The van der Waals surface area contributed by atoms with Crippen LogP contribution in [0, 0.1) is 17.1 Å². The van der Waals surface area contributed by atoms with Crippen molar-refractivity contribution in [2.45, 2.75) is 6.04 Å². The number of halogens is 1. The van der Waals surface area contributed by atoms with Crippen LogP contribution in [0.25, 0.3) is 0 Å². The van der Waals surface area contributed by atoms with Gasteiger partial charge in [0, 0.05) is 13.7 Å². The van der Waals surface area contributed by atoms with Crippen LogP contribution in [-0.2, 0) is 4.74 Å². The number of nitrogens with one attached hydrogen (secondary N) is 1. The number of benzene rings is 1. The molecule has 0 saturated carbocycles. The summed E-state index contributed by atoms with van der Waals surface area (Å²) in [5.41, 5.74) is 0.759. The summed E-state index contributed by atoms with van der Waals surface area (Å²) < 4.78 is 17.5. The van der Waals surface area contributed by atoms with Gasteiger partial charge in [-0.15, -0.1) is 0 Å². The fourth-order valence-electron chi connectivity index (χ4n) is 1.20. The van der Waals surface area contributed by atoms with Crippen LogP contribution in [0.4, 0.5) is 4.39 Å². The highest BCUT2D eigenvalue weighted by atomic mass is 19.1. The molecule has 0 aliphatic rings. The Kier molecular flexibility index (Phi) is 4.75. The molecular weight excluding hydrogens is 195 g/mol. The summed E-state index contributed by atoms with van der Waals surface area (Å²) in [6, 6.07) is 7.58. The second-order valence-corrected chi connectivity index (χ2v) is 3.06. The van der Waals surface area contributed by atoms with Gasteiger partial charge < -0.3 is 4.74 Å². The molecule has 1 atom stereocenters. The van der Waals surface area contributed by atoms with E-state index < -0.39 is 6.04 Å². The van der Waals surface area contributed by atoms with Gasteiger partial charge in [-0.1, -0.05) is 12.1 Å². The van der Waals surface area contributed by atoms with Gasteiger partial charge in [-0.25, -0.2) is 4.39 Å². The molecular formula is C11H13FN2O.